The summed E-state index contributed by atoms with van der Waals surface area (Å²) < 4.78 is 13.0. The van der Waals surface area contributed by atoms with Gasteiger partial charge in [0.15, 0.2) is 5.82 Å². The molecule has 180 valence electrons. The molecule has 0 aliphatic carbocycles. The second kappa shape index (κ2) is 9.77. The van der Waals surface area contributed by atoms with Crippen LogP contribution in [0.2, 0.25) is 0 Å². The average Bonchev–Trinajstić information content (AvgIpc) is 3.43. The van der Waals surface area contributed by atoms with E-state index in [1.165, 1.54) is 11.0 Å². The second-order valence-electron chi connectivity index (χ2n) is 8.74. The monoisotopic (exact) mass is 474 g/mol. The number of morpholine rings is 1. The van der Waals surface area contributed by atoms with Gasteiger partial charge in [-0.25, -0.2) is 4.98 Å². The minimum Gasteiger partial charge on any atom is -0.495 e. The lowest BCUT2D eigenvalue weighted by Crippen LogP contribution is -2.59. The third-order valence-corrected chi connectivity index (χ3v) is 6.74. The summed E-state index contributed by atoms with van der Waals surface area (Å²) in [6.45, 7) is 5.28. The van der Waals surface area contributed by atoms with Crippen LogP contribution in [-0.2, 0) is 16.0 Å². The number of nitrogens with zero attached hydrogens (tertiary/aromatic N) is 8. The van der Waals surface area contributed by atoms with Crippen molar-refractivity contribution in [1.29, 1.82) is 5.26 Å². The molecule has 1 amide bonds. The Morgan fingerprint density at radius 3 is 2.86 bits per heavy atom. The standard InChI is InChI=1S/C24H26N8O3/c1-16-19(4-5-21(34-2)20(16)10-25)22-13-30-7-8-31(12-18(30)14-35-22)24(33)9-17-3-6-23(26-11-17)32-15-27-28-29-32/h3-6,11,15,18,22H,7-9,12-14H2,1-2H3/t18-,22+/m0/s1. The van der Waals surface area contributed by atoms with E-state index in [0.717, 1.165) is 29.8 Å². The predicted molar refractivity (Wildman–Crippen MR) is 124 cm³/mol. The van der Waals surface area contributed by atoms with Crippen LogP contribution in [0.1, 0.15) is 28.4 Å². The zero-order chi connectivity index (χ0) is 24.4. The van der Waals surface area contributed by atoms with Gasteiger partial charge >= 0.3 is 0 Å². The normalized spacial score (nSPS) is 20.2. The Hall–Kier alpha value is -3.88. The molecule has 11 nitrogen and oxygen atoms in total. The minimum atomic E-state index is -0.115. The number of hydrogen-bond acceptors (Lipinski definition) is 9. The van der Waals surface area contributed by atoms with Crippen molar-refractivity contribution >= 4 is 5.91 Å². The molecule has 2 aliphatic rings. The van der Waals surface area contributed by atoms with Crippen LogP contribution in [0.5, 0.6) is 5.75 Å². The third kappa shape index (κ3) is 4.58. The number of hydrogen-bond donors (Lipinski definition) is 0. The Balaban J connectivity index is 1.19. The summed E-state index contributed by atoms with van der Waals surface area (Å²) >= 11 is 0. The van der Waals surface area contributed by atoms with Gasteiger partial charge in [0.05, 0.1) is 37.8 Å². The molecule has 2 fully saturated rings. The number of fused-ring (bicyclic) bond motifs is 1. The summed E-state index contributed by atoms with van der Waals surface area (Å²) in [5.74, 6) is 1.26. The van der Waals surface area contributed by atoms with Crippen molar-refractivity contribution in [3.63, 3.8) is 0 Å². The first kappa shape index (κ1) is 22.9. The number of tetrazole rings is 1. The van der Waals surface area contributed by atoms with Crippen LogP contribution >= 0.6 is 0 Å². The van der Waals surface area contributed by atoms with Crippen molar-refractivity contribution in [2.75, 3.05) is 39.9 Å². The van der Waals surface area contributed by atoms with Crippen molar-refractivity contribution in [2.24, 2.45) is 0 Å². The summed E-state index contributed by atoms with van der Waals surface area (Å²) in [6, 6.07) is 9.88. The molecule has 1 aromatic carbocycles. The van der Waals surface area contributed by atoms with Gasteiger partial charge in [0.25, 0.3) is 0 Å². The van der Waals surface area contributed by atoms with Crippen molar-refractivity contribution < 1.29 is 14.3 Å². The lowest BCUT2D eigenvalue weighted by molar-refractivity contribution is -0.139. The topological polar surface area (TPSA) is 122 Å². The predicted octanol–water partition coefficient (Wildman–Crippen LogP) is 1.07. The fourth-order valence-electron chi connectivity index (χ4n) is 4.77. The van der Waals surface area contributed by atoms with Gasteiger partial charge in [-0.1, -0.05) is 12.1 Å². The molecule has 0 bridgehead atoms. The first-order chi connectivity index (χ1) is 17.1. The molecule has 0 unspecified atom stereocenters. The Labute approximate surface area is 202 Å². The van der Waals surface area contributed by atoms with E-state index in [-0.39, 0.29) is 18.1 Å². The van der Waals surface area contributed by atoms with Gasteiger partial charge in [-0.3, -0.25) is 9.69 Å². The number of ether oxygens (including phenoxy) is 2. The molecule has 35 heavy (non-hydrogen) atoms. The van der Waals surface area contributed by atoms with Crippen LogP contribution in [0.3, 0.4) is 0 Å². The van der Waals surface area contributed by atoms with Crippen LogP contribution < -0.4 is 4.74 Å². The maximum atomic E-state index is 13.0. The van der Waals surface area contributed by atoms with Gasteiger partial charge in [-0.15, -0.1) is 5.10 Å². The van der Waals surface area contributed by atoms with E-state index in [4.69, 9.17) is 9.47 Å². The van der Waals surface area contributed by atoms with E-state index in [9.17, 15) is 10.1 Å². The number of benzene rings is 1. The zero-order valence-electron chi connectivity index (χ0n) is 19.7. The van der Waals surface area contributed by atoms with E-state index in [1.807, 2.05) is 30.0 Å². The lowest BCUT2D eigenvalue weighted by atomic mass is 9.96. The summed E-state index contributed by atoms with van der Waals surface area (Å²) in [5, 5.41) is 20.6. The molecular formula is C24H26N8O3. The molecule has 3 aromatic rings. The maximum absolute atomic E-state index is 13.0. The molecular weight excluding hydrogens is 448 g/mol. The summed E-state index contributed by atoms with van der Waals surface area (Å²) in [7, 11) is 1.57. The van der Waals surface area contributed by atoms with E-state index >= 15 is 0 Å². The van der Waals surface area contributed by atoms with Crippen molar-refractivity contribution in [3.05, 3.63) is 59.0 Å². The molecule has 11 heteroatoms. The van der Waals surface area contributed by atoms with Crippen molar-refractivity contribution in [1.82, 2.24) is 35.0 Å². The number of methoxy groups -OCH3 is 1. The molecule has 0 radical (unpaired) electrons. The zero-order valence-corrected chi connectivity index (χ0v) is 19.7. The van der Waals surface area contributed by atoms with Crippen LogP contribution in [0.25, 0.3) is 5.82 Å². The first-order valence-corrected chi connectivity index (χ1v) is 11.5. The maximum Gasteiger partial charge on any atom is 0.227 e. The highest BCUT2D eigenvalue weighted by Crippen LogP contribution is 2.33. The van der Waals surface area contributed by atoms with E-state index in [1.54, 1.807) is 19.4 Å². The Kier molecular flexibility index (Phi) is 6.39. The van der Waals surface area contributed by atoms with Crippen LogP contribution in [0.15, 0.2) is 36.8 Å². The van der Waals surface area contributed by atoms with Gasteiger partial charge in [-0.05, 0) is 46.2 Å². The fourth-order valence-corrected chi connectivity index (χ4v) is 4.77. The number of rotatable bonds is 5. The van der Waals surface area contributed by atoms with Crippen LogP contribution in [0.4, 0.5) is 0 Å². The second-order valence-corrected chi connectivity index (χ2v) is 8.74. The van der Waals surface area contributed by atoms with Gasteiger partial charge in [-0.2, -0.15) is 9.94 Å². The van der Waals surface area contributed by atoms with Gasteiger partial charge in [0, 0.05) is 32.4 Å². The number of carbonyl (C=O) groups is 1. The van der Waals surface area contributed by atoms with E-state index in [2.05, 4.69) is 31.5 Å². The molecule has 2 saturated heterocycles. The number of carbonyl (C=O) groups excluding carboxylic acids is 1. The number of piperazine rings is 1. The van der Waals surface area contributed by atoms with Gasteiger partial charge < -0.3 is 14.4 Å². The molecule has 4 heterocycles. The molecule has 0 N–H and O–H groups in total. The molecule has 2 aliphatic heterocycles. The quantitative estimate of drug-likeness (QED) is 0.534. The number of aromatic nitrogens is 5. The fraction of sp³-hybridized carbons (Fsp3) is 0.417. The highest BCUT2D eigenvalue weighted by Gasteiger charge is 2.36. The Bertz CT molecular complexity index is 1240. The van der Waals surface area contributed by atoms with Gasteiger partial charge in [0.2, 0.25) is 5.91 Å². The molecule has 0 saturated carbocycles. The molecule has 0 spiro atoms. The molecule has 2 atom stereocenters. The largest absolute Gasteiger partial charge is 0.495 e. The Morgan fingerprint density at radius 2 is 2.14 bits per heavy atom. The lowest BCUT2D eigenvalue weighted by Gasteiger charge is -2.46. The summed E-state index contributed by atoms with van der Waals surface area (Å²) in [4.78, 5) is 21.6. The first-order valence-electron chi connectivity index (χ1n) is 11.5. The van der Waals surface area contributed by atoms with E-state index in [0.29, 0.717) is 43.2 Å². The SMILES string of the molecule is COc1ccc([C@H]2CN3CCN(C(=O)Cc4ccc(-n5cnnn5)nc4)C[C@H]3CO2)c(C)c1C#N. The third-order valence-electron chi connectivity index (χ3n) is 6.74. The van der Waals surface area contributed by atoms with Gasteiger partial charge in [0.1, 0.15) is 18.1 Å². The molecule has 5 rings (SSSR count). The van der Waals surface area contributed by atoms with Crippen LogP contribution in [-0.4, -0.2) is 86.8 Å². The number of nitriles is 1. The number of pyridine rings is 1. The summed E-state index contributed by atoms with van der Waals surface area (Å²) in [6.07, 6.45) is 3.34. The van der Waals surface area contributed by atoms with E-state index < -0.39 is 0 Å². The average molecular weight is 475 g/mol. The molecule has 2 aromatic heterocycles. The highest BCUT2D eigenvalue weighted by molar-refractivity contribution is 5.79. The highest BCUT2D eigenvalue weighted by atomic mass is 16.5. The minimum absolute atomic E-state index is 0.0772. The van der Waals surface area contributed by atoms with Crippen molar-refractivity contribution in [3.8, 4) is 17.6 Å². The smallest absolute Gasteiger partial charge is 0.227 e. The number of amides is 1. The Morgan fingerprint density at radius 1 is 1.26 bits per heavy atom. The summed E-state index contributed by atoms with van der Waals surface area (Å²) in [5.41, 5.74) is 3.30. The van der Waals surface area contributed by atoms with Crippen molar-refractivity contribution in [2.45, 2.75) is 25.5 Å². The van der Waals surface area contributed by atoms with Crippen LogP contribution in [0, 0.1) is 18.3 Å².